The molecule has 0 radical (unpaired) electrons. The molecule has 0 aliphatic heterocycles. The molecule has 0 spiro atoms. The molecule has 0 unspecified atom stereocenters. The minimum absolute atomic E-state index is 0.0222. The van der Waals surface area contributed by atoms with Crippen LogP contribution in [0.25, 0.3) is 11.1 Å². The topological polar surface area (TPSA) is 100 Å². The van der Waals surface area contributed by atoms with Gasteiger partial charge in [-0.25, -0.2) is 4.79 Å². The average Bonchev–Trinajstić information content (AvgIpc) is 2.90. The van der Waals surface area contributed by atoms with Crippen LogP contribution in [0.15, 0.2) is 27.6 Å². The molecular formula is C18H23N3O4. The van der Waals surface area contributed by atoms with E-state index >= 15 is 0 Å². The number of aryl methyl sites for hydroxylation is 2. The SMILES string of the molecule is Cc1noc(C)c1-c1ccc(=O)n(CC2CCC(OC(N)=O)CC2)c1. The van der Waals surface area contributed by atoms with Crippen LogP contribution in [0.3, 0.4) is 0 Å². The van der Waals surface area contributed by atoms with Crippen molar-refractivity contribution in [2.45, 2.75) is 52.2 Å². The van der Waals surface area contributed by atoms with Crippen LogP contribution in [-0.2, 0) is 11.3 Å². The van der Waals surface area contributed by atoms with E-state index in [4.69, 9.17) is 15.0 Å². The Labute approximate surface area is 145 Å². The highest BCUT2D eigenvalue weighted by Gasteiger charge is 2.24. The van der Waals surface area contributed by atoms with Crippen molar-refractivity contribution in [3.05, 3.63) is 40.1 Å². The Morgan fingerprint density at radius 3 is 2.64 bits per heavy atom. The number of ether oxygens (including phenoxy) is 1. The third-order valence-corrected chi connectivity index (χ3v) is 4.84. The summed E-state index contributed by atoms with van der Waals surface area (Å²) in [5, 5.41) is 3.98. The molecule has 0 saturated heterocycles. The Morgan fingerprint density at radius 1 is 1.32 bits per heavy atom. The van der Waals surface area contributed by atoms with E-state index < -0.39 is 6.09 Å². The number of amides is 1. The maximum atomic E-state index is 12.2. The lowest BCUT2D eigenvalue weighted by Gasteiger charge is -2.28. The quantitative estimate of drug-likeness (QED) is 0.918. The van der Waals surface area contributed by atoms with Gasteiger partial charge in [0.05, 0.1) is 5.69 Å². The standard InChI is InChI=1S/C18H23N3O4/c1-11-17(12(2)25-20-11)14-5-8-16(22)21(10-14)9-13-3-6-15(7-4-13)24-18(19)23/h5,8,10,13,15H,3-4,6-7,9H2,1-2H3,(H2,19,23). The average molecular weight is 345 g/mol. The molecule has 134 valence electrons. The summed E-state index contributed by atoms with van der Waals surface area (Å²) in [6.45, 7) is 4.41. The molecule has 1 saturated carbocycles. The van der Waals surface area contributed by atoms with E-state index in [0.29, 0.717) is 12.5 Å². The molecule has 25 heavy (non-hydrogen) atoms. The van der Waals surface area contributed by atoms with E-state index in [1.807, 2.05) is 26.1 Å². The van der Waals surface area contributed by atoms with Crippen molar-refractivity contribution >= 4 is 6.09 Å². The van der Waals surface area contributed by atoms with E-state index in [-0.39, 0.29) is 11.7 Å². The fraction of sp³-hybridized carbons (Fsp3) is 0.500. The van der Waals surface area contributed by atoms with Crippen molar-refractivity contribution in [2.24, 2.45) is 11.7 Å². The normalized spacial score (nSPS) is 20.4. The van der Waals surface area contributed by atoms with Crippen LogP contribution in [0, 0.1) is 19.8 Å². The molecule has 1 amide bonds. The molecule has 7 heteroatoms. The van der Waals surface area contributed by atoms with Gasteiger partial charge in [0.2, 0.25) is 0 Å². The number of aromatic nitrogens is 2. The van der Waals surface area contributed by atoms with Crippen LogP contribution >= 0.6 is 0 Å². The largest absolute Gasteiger partial charge is 0.446 e. The number of rotatable bonds is 4. The van der Waals surface area contributed by atoms with E-state index in [9.17, 15) is 9.59 Å². The first kappa shape index (κ1) is 17.3. The van der Waals surface area contributed by atoms with Crippen LogP contribution in [0.5, 0.6) is 0 Å². The van der Waals surface area contributed by atoms with Crippen molar-refractivity contribution < 1.29 is 14.1 Å². The zero-order chi connectivity index (χ0) is 18.0. The smallest absolute Gasteiger partial charge is 0.404 e. The Kier molecular flexibility index (Phi) is 4.92. The number of hydrogen-bond acceptors (Lipinski definition) is 5. The monoisotopic (exact) mass is 345 g/mol. The molecule has 0 bridgehead atoms. The summed E-state index contributed by atoms with van der Waals surface area (Å²) in [7, 11) is 0. The Balaban J connectivity index is 1.72. The predicted octanol–water partition coefficient (Wildman–Crippen LogP) is 2.77. The highest BCUT2D eigenvalue weighted by atomic mass is 16.6. The summed E-state index contributed by atoms with van der Waals surface area (Å²) in [6.07, 6.45) is 4.43. The van der Waals surface area contributed by atoms with Gasteiger partial charge in [0, 0.05) is 29.9 Å². The molecule has 1 aliphatic carbocycles. The van der Waals surface area contributed by atoms with Crippen molar-refractivity contribution in [3.8, 4) is 11.1 Å². The molecule has 2 heterocycles. The molecule has 0 atom stereocenters. The van der Waals surface area contributed by atoms with E-state index in [0.717, 1.165) is 48.3 Å². The molecule has 3 rings (SSSR count). The molecule has 1 aliphatic rings. The van der Waals surface area contributed by atoms with Crippen molar-refractivity contribution in [2.75, 3.05) is 0 Å². The molecule has 7 nitrogen and oxygen atoms in total. The third-order valence-electron chi connectivity index (χ3n) is 4.84. The maximum absolute atomic E-state index is 12.2. The second-order valence-corrected chi connectivity index (χ2v) is 6.69. The molecule has 2 aromatic rings. The number of nitrogens with two attached hydrogens (primary N) is 1. The number of carbonyl (C=O) groups is 1. The summed E-state index contributed by atoms with van der Waals surface area (Å²) in [5.41, 5.74) is 7.73. The second-order valence-electron chi connectivity index (χ2n) is 6.69. The summed E-state index contributed by atoms with van der Waals surface area (Å²) in [5.74, 6) is 1.12. The number of nitrogens with zero attached hydrogens (tertiary/aromatic N) is 2. The summed E-state index contributed by atoms with van der Waals surface area (Å²) in [4.78, 5) is 23.1. The molecular weight excluding hydrogens is 322 g/mol. The maximum Gasteiger partial charge on any atom is 0.404 e. The lowest BCUT2D eigenvalue weighted by Crippen LogP contribution is -2.30. The van der Waals surface area contributed by atoms with Crippen LogP contribution in [-0.4, -0.2) is 21.9 Å². The number of pyridine rings is 1. The van der Waals surface area contributed by atoms with Gasteiger partial charge in [-0.2, -0.15) is 0 Å². The molecule has 2 N–H and O–H groups in total. The van der Waals surface area contributed by atoms with E-state index in [1.54, 1.807) is 10.6 Å². The first-order valence-electron chi connectivity index (χ1n) is 8.54. The van der Waals surface area contributed by atoms with Gasteiger partial charge in [0.15, 0.2) is 0 Å². The van der Waals surface area contributed by atoms with Crippen LogP contribution < -0.4 is 11.3 Å². The van der Waals surface area contributed by atoms with Crippen molar-refractivity contribution in [3.63, 3.8) is 0 Å². The van der Waals surface area contributed by atoms with Crippen LogP contribution in [0.1, 0.15) is 37.1 Å². The van der Waals surface area contributed by atoms with Gasteiger partial charge in [0.1, 0.15) is 11.9 Å². The van der Waals surface area contributed by atoms with Crippen LogP contribution in [0.2, 0.25) is 0 Å². The summed E-state index contributed by atoms with van der Waals surface area (Å²) in [6, 6.07) is 3.39. The van der Waals surface area contributed by atoms with Gasteiger partial charge >= 0.3 is 6.09 Å². The van der Waals surface area contributed by atoms with E-state index in [1.165, 1.54) is 0 Å². The predicted molar refractivity (Wildman–Crippen MR) is 92.1 cm³/mol. The zero-order valence-corrected chi connectivity index (χ0v) is 14.5. The first-order chi connectivity index (χ1) is 11.9. The van der Waals surface area contributed by atoms with Crippen LogP contribution in [0.4, 0.5) is 4.79 Å². The second kappa shape index (κ2) is 7.13. The Bertz CT molecular complexity index is 796. The molecule has 0 aromatic carbocycles. The lowest BCUT2D eigenvalue weighted by atomic mass is 9.87. The van der Waals surface area contributed by atoms with Gasteiger partial charge in [-0.3, -0.25) is 4.79 Å². The number of carbonyl (C=O) groups excluding carboxylic acids is 1. The van der Waals surface area contributed by atoms with Crippen molar-refractivity contribution in [1.29, 1.82) is 0 Å². The molecule has 1 fully saturated rings. The highest BCUT2D eigenvalue weighted by molar-refractivity contribution is 5.66. The summed E-state index contributed by atoms with van der Waals surface area (Å²) >= 11 is 0. The van der Waals surface area contributed by atoms with Crippen molar-refractivity contribution in [1.82, 2.24) is 9.72 Å². The Morgan fingerprint density at radius 2 is 2.04 bits per heavy atom. The first-order valence-corrected chi connectivity index (χ1v) is 8.54. The third kappa shape index (κ3) is 3.92. The zero-order valence-electron chi connectivity index (χ0n) is 14.5. The van der Waals surface area contributed by atoms with E-state index in [2.05, 4.69) is 5.16 Å². The minimum atomic E-state index is -0.716. The van der Waals surface area contributed by atoms with Gasteiger partial charge < -0.3 is 19.6 Å². The van der Waals surface area contributed by atoms with Gasteiger partial charge in [0.25, 0.3) is 5.56 Å². The Hall–Kier alpha value is -2.57. The fourth-order valence-electron chi connectivity index (χ4n) is 3.59. The number of hydrogen-bond donors (Lipinski definition) is 1. The lowest BCUT2D eigenvalue weighted by molar-refractivity contribution is 0.0685. The minimum Gasteiger partial charge on any atom is -0.446 e. The van der Waals surface area contributed by atoms with Gasteiger partial charge in [-0.1, -0.05) is 5.16 Å². The molecule has 2 aromatic heterocycles. The highest BCUT2D eigenvalue weighted by Crippen LogP contribution is 2.29. The van der Waals surface area contributed by atoms with Gasteiger partial charge in [-0.15, -0.1) is 0 Å². The summed E-state index contributed by atoms with van der Waals surface area (Å²) < 4.78 is 12.0. The number of primary amides is 1. The van der Waals surface area contributed by atoms with Gasteiger partial charge in [-0.05, 0) is 51.5 Å². The fourth-order valence-corrected chi connectivity index (χ4v) is 3.59.